The molecule has 0 aromatic heterocycles. The molecule has 0 saturated carbocycles. The summed E-state index contributed by atoms with van der Waals surface area (Å²) in [5, 5.41) is 17.0. The van der Waals surface area contributed by atoms with Crippen LogP contribution in [0.1, 0.15) is 38.7 Å². The highest BCUT2D eigenvalue weighted by Gasteiger charge is 2.44. The number of likely N-dealkylation sites (N-methyl/N-ethyl adjacent to an activating group) is 1. The number of aliphatic hydroxyl groups is 1. The number of hydrogen-bond acceptors (Lipinski definition) is 10. The Bertz CT molecular complexity index is 1430. The van der Waals surface area contributed by atoms with Gasteiger partial charge in [-0.1, -0.05) is 44.2 Å². The van der Waals surface area contributed by atoms with E-state index in [4.69, 9.17) is 24.7 Å². The van der Waals surface area contributed by atoms with Crippen molar-refractivity contribution in [1.82, 2.24) is 14.9 Å². The maximum absolute atomic E-state index is 14.1. The summed E-state index contributed by atoms with van der Waals surface area (Å²) in [4.78, 5) is 25.2. The molecule has 4 rings (SSSR count). The van der Waals surface area contributed by atoms with Crippen LogP contribution in [0, 0.1) is 11.3 Å². The van der Waals surface area contributed by atoms with E-state index in [1.165, 1.54) is 30.6 Å². The lowest BCUT2D eigenvalue weighted by molar-refractivity contribution is -0.122. The summed E-state index contributed by atoms with van der Waals surface area (Å²) < 4.78 is 51.5. The average Bonchev–Trinajstić information content (AvgIpc) is 3.68. The van der Waals surface area contributed by atoms with Crippen LogP contribution in [-0.2, 0) is 35.4 Å². The average molecular weight is 677 g/mol. The van der Waals surface area contributed by atoms with Crippen molar-refractivity contribution in [1.29, 1.82) is 0 Å². The fourth-order valence-corrected chi connectivity index (χ4v) is 7.57. The number of aliphatic hydroxyl groups excluding tert-OH is 1. The Labute approximate surface area is 277 Å². The topological polar surface area (TPSA) is 179 Å². The van der Waals surface area contributed by atoms with Gasteiger partial charge in [-0.3, -0.25) is 4.79 Å². The fraction of sp³-hybridized carbons (Fsp3) is 0.576. The van der Waals surface area contributed by atoms with Crippen LogP contribution < -0.4 is 21.1 Å². The molecule has 13 nitrogen and oxygen atoms in total. The molecule has 2 aliphatic rings. The number of nitrogens with zero attached hydrogens (tertiary/aromatic N) is 1. The molecule has 2 aromatic rings. The van der Waals surface area contributed by atoms with Crippen LogP contribution in [0.3, 0.4) is 0 Å². The van der Waals surface area contributed by atoms with Crippen LogP contribution in [-0.4, -0.2) is 101 Å². The molecule has 6 atom stereocenters. The summed E-state index contributed by atoms with van der Waals surface area (Å²) in [6.07, 6.45) is -1.28. The van der Waals surface area contributed by atoms with E-state index in [9.17, 15) is 23.1 Å². The van der Waals surface area contributed by atoms with Crippen molar-refractivity contribution < 1.29 is 42.1 Å². The summed E-state index contributed by atoms with van der Waals surface area (Å²) in [7, 11) is -1.15. The maximum atomic E-state index is 14.1. The smallest absolute Gasteiger partial charge is 0.407 e. The van der Waals surface area contributed by atoms with Gasteiger partial charge in [-0.05, 0) is 60.9 Å². The minimum atomic E-state index is -4.14. The summed E-state index contributed by atoms with van der Waals surface area (Å²) in [6.45, 7) is 4.17. The molecule has 0 bridgehead atoms. The predicted octanol–water partition coefficient (Wildman–Crippen LogP) is 2.03. The first kappa shape index (κ1) is 36.6. The Morgan fingerprint density at radius 3 is 2.49 bits per heavy atom. The lowest BCUT2D eigenvalue weighted by Crippen LogP contribution is -2.52. The summed E-state index contributed by atoms with van der Waals surface area (Å²) >= 11 is 0. The van der Waals surface area contributed by atoms with E-state index in [0.29, 0.717) is 31.6 Å². The molecule has 0 spiro atoms. The van der Waals surface area contributed by atoms with Gasteiger partial charge in [0.2, 0.25) is 15.9 Å². The lowest BCUT2D eigenvalue weighted by Gasteiger charge is -2.35. The van der Waals surface area contributed by atoms with Crippen LogP contribution in [0.2, 0.25) is 0 Å². The number of nitrogens with one attached hydrogen (secondary N) is 2. The molecular weight excluding hydrogens is 628 g/mol. The van der Waals surface area contributed by atoms with Gasteiger partial charge in [0.25, 0.3) is 0 Å². The number of alkyl carbamates (subject to hydrolysis) is 1. The maximum Gasteiger partial charge on any atom is 0.407 e. The monoisotopic (exact) mass is 676 g/mol. The molecule has 5 N–H and O–H groups in total. The molecule has 2 aliphatic heterocycles. The minimum absolute atomic E-state index is 0.00384. The van der Waals surface area contributed by atoms with E-state index < -0.39 is 52.1 Å². The van der Waals surface area contributed by atoms with Crippen molar-refractivity contribution >= 4 is 22.0 Å². The molecule has 2 aromatic carbocycles. The SMILES string of the molecule is CNC(=O)C(N)CCC(C)(C)CN(C[C@H](O)[C@H](Cc1ccccc1)NC(=O)O[C@@H]1CO[C@@H]2OCC[C@@H]21)S(=O)(=O)c1ccc(OC)cc1. The first-order valence-corrected chi connectivity index (χ1v) is 17.3. The summed E-state index contributed by atoms with van der Waals surface area (Å²) in [5.41, 5.74) is 6.22. The second-order valence-electron chi connectivity index (χ2n) is 12.9. The van der Waals surface area contributed by atoms with Gasteiger partial charge < -0.3 is 40.4 Å². The summed E-state index contributed by atoms with van der Waals surface area (Å²) in [5.74, 6) is 0.121. The van der Waals surface area contributed by atoms with E-state index in [2.05, 4.69) is 10.6 Å². The zero-order chi connectivity index (χ0) is 34.2. The highest BCUT2D eigenvalue weighted by molar-refractivity contribution is 7.89. The van der Waals surface area contributed by atoms with Crippen LogP contribution >= 0.6 is 0 Å². The Morgan fingerprint density at radius 2 is 1.83 bits per heavy atom. The zero-order valence-electron chi connectivity index (χ0n) is 27.5. The van der Waals surface area contributed by atoms with E-state index in [-0.39, 0.29) is 42.8 Å². The number of fused-ring (bicyclic) bond motifs is 1. The van der Waals surface area contributed by atoms with Gasteiger partial charge in [0, 0.05) is 20.1 Å². The Kier molecular flexibility index (Phi) is 12.6. The highest BCUT2D eigenvalue weighted by Crippen LogP contribution is 2.33. The van der Waals surface area contributed by atoms with Crippen LogP contribution in [0.25, 0.3) is 0 Å². The number of carbonyl (C=O) groups is 2. The number of sulfonamides is 1. The van der Waals surface area contributed by atoms with Gasteiger partial charge in [-0.15, -0.1) is 0 Å². The van der Waals surface area contributed by atoms with Crippen molar-refractivity contribution in [3.8, 4) is 5.75 Å². The molecule has 0 aliphatic carbocycles. The third-order valence-electron chi connectivity index (χ3n) is 8.72. The van der Waals surface area contributed by atoms with Crippen LogP contribution in [0.5, 0.6) is 5.75 Å². The Hall–Kier alpha value is -3.27. The molecule has 47 heavy (non-hydrogen) atoms. The molecular formula is C33H48N4O9S. The van der Waals surface area contributed by atoms with Crippen molar-refractivity contribution in [2.24, 2.45) is 17.1 Å². The van der Waals surface area contributed by atoms with Crippen LogP contribution in [0.15, 0.2) is 59.5 Å². The minimum Gasteiger partial charge on any atom is -0.497 e. The van der Waals surface area contributed by atoms with Gasteiger partial charge in [0.05, 0.1) is 49.3 Å². The zero-order valence-corrected chi connectivity index (χ0v) is 28.3. The summed E-state index contributed by atoms with van der Waals surface area (Å²) in [6, 6.07) is 13.6. The fourth-order valence-electron chi connectivity index (χ4n) is 5.92. The standard InChI is InChI=1S/C33H48N4O9S/c1-33(2,16-14-26(34)30(39)35-3)21-37(47(41,42)24-12-10-23(43-4)11-13-24)19-28(38)27(18-22-8-6-5-7-9-22)36-32(40)46-29-20-45-31-25(29)15-17-44-31/h5-13,25-29,31,38H,14-21,34H2,1-4H3,(H,35,39)(H,36,40)/t25-,26?,27+,28+,29-,31+/m1/s1. The quantitative estimate of drug-likeness (QED) is 0.206. The normalized spacial score (nSPS) is 21.5. The Balaban J connectivity index is 1.56. The third-order valence-corrected chi connectivity index (χ3v) is 10.5. The van der Waals surface area contributed by atoms with Crippen molar-refractivity contribution in [2.75, 3.05) is 40.5 Å². The van der Waals surface area contributed by atoms with Gasteiger partial charge >= 0.3 is 6.09 Å². The van der Waals surface area contributed by atoms with E-state index >= 15 is 0 Å². The lowest BCUT2D eigenvalue weighted by atomic mass is 9.86. The first-order chi connectivity index (χ1) is 22.3. The number of methoxy groups -OCH3 is 1. The second kappa shape index (κ2) is 16.2. The number of amides is 2. The number of benzene rings is 2. The molecule has 14 heteroatoms. The van der Waals surface area contributed by atoms with Crippen LogP contribution in [0.4, 0.5) is 4.79 Å². The molecule has 2 amide bonds. The van der Waals surface area contributed by atoms with Gasteiger partial charge in [0.15, 0.2) is 6.29 Å². The predicted molar refractivity (Wildman–Crippen MR) is 174 cm³/mol. The van der Waals surface area contributed by atoms with Gasteiger partial charge in [0.1, 0.15) is 11.9 Å². The van der Waals surface area contributed by atoms with Crippen molar-refractivity contribution in [2.45, 2.75) is 75.0 Å². The van der Waals surface area contributed by atoms with E-state index in [1.807, 2.05) is 44.2 Å². The van der Waals surface area contributed by atoms with Crippen molar-refractivity contribution in [3.05, 3.63) is 60.2 Å². The number of carbonyl (C=O) groups excluding carboxylic acids is 2. The van der Waals surface area contributed by atoms with Crippen molar-refractivity contribution in [3.63, 3.8) is 0 Å². The number of ether oxygens (including phenoxy) is 4. The molecule has 0 radical (unpaired) electrons. The second-order valence-corrected chi connectivity index (χ2v) is 14.8. The molecule has 2 fully saturated rings. The number of rotatable bonds is 16. The van der Waals surface area contributed by atoms with E-state index in [1.54, 1.807) is 12.1 Å². The number of nitrogens with two attached hydrogens (primary N) is 1. The van der Waals surface area contributed by atoms with E-state index in [0.717, 1.165) is 5.56 Å². The van der Waals surface area contributed by atoms with Gasteiger partial charge in [-0.2, -0.15) is 4.31 Å². The molecule has 2 saturated heterocycles. The molecule has 1 unspecified atom stereocenters. The largest absolute Gasteiger partial charge is 0.497 e. The molecule has 260 valence electrons. The Morgan fingerprint density at radius 1 is 1.13 bits per heavy atom. The third kappa shape index (κ3) is 9.87. The molecule has 2 heterocycles. The van der Waals surface area contributed by atoms with Gasteiger partial charge in [-0.25, -0.2) is 13.2 Å². The number of hydrogen-bond donors (Lipinski definition) is 4. The highest BCUT2D eigenvalue weighted by atomic mass is 32.2. The first-order valence-electron chi connectivity index (χ1n) is 15.9.